The molecule has 34 heavy (non-hydrogen) atoms. The maximum atomic E-state index is 14.5. The Morgan fingerprint density at radius 1 is 0.382 bits per heavy atom. The van der Waals surface area contributed by atoms with Gasteiger partial charge in [-0.3, -0.25) is 0 Å². The smallest absolute Gasteiger partial charge is 0.190 e. The van der Waals surface area contributed by atoms with Crippen LogP contribution in [0.3, 0.4) is 0 Å². The second kappa shape index (κ2) is 9.35. The Kier molecular flexibility index (Phi) is 6.11. The molecule has 5 aromatic rings. The molecule has 0 N–H and O–H groups in total. The van der Waals surface area contributed by atoms with Gasteiger partial charge >= 0.3 is 0 Å². The largest absolute Gasteiger partial charge is 0.307 e. The molecule has 0 atom stereocenters. The summed E-state index contributed by atoms with van der Waals surface area (Å²) in [5.41, 5.74) is 0.725. The monoisotopic (exact) mass is 480 g/mol. The summed E-state index contributed by atoms with van der Waals surface area (Å²) in [5.74, 6) is 0. The van der Waals surface area contributed by atoms with E-state index >= 15 is 0 Å². The SMILES string of the molecule is O=P(c1ccccc1)(c1ccccc1)c1cnc(P(=O)(c2ccccc2)c2ccccc2)cn1. The van der Waals surface area contributed by atoms with Gasteiger partial charge in [0.1, 0.15) is 10.9 Å². The van der Waals surface area contributed by atoms with Crippen LogP contribution in [0.15, 0.2) is 134 Å². The van der Waals surface area contributed by atoms with Crippen LogP contribution in [0, 0.1) is 0 Å². The molecule has 0 unspecified atom stereocenters. The van der Waals surface area contributed by atoms with Crippen LogP contribution in [0.1, 0.15) is 0 Å². The summed E-state index contributed by atoms with van der Waals surface area (Å²) in [6.07, 6.45) is 3.04. The zero-order chi connectivity index (χ0) is 23.4. The summed E-state index contributed by atoms with van der Waals surface area (Å²) >= 11 is 0. The summed E-state index contributed by atoms with van der Waals surface area (Å²) in [7, 11) is -6.51. The van der Waals surface area contributed by atoms with E-state index in [2.05, 4.69) is 9.97 Å². The molecule has 0 aliphatic carbocycles. The first-order valence-electron chi connectivity index (χ1n) is 10.9. The van der Waals surface area contributed by atoms with Gasteiger partial charge in [0.25, 0.3) is 0 Å². The molecule has 0 bridgehead atoms. The highest BCUT2D eigenvalue weighted by Gasteiger charge is 2.35. The Morgan fingerprint density at radius 3 is 0.824 bits per heavy atom. The maximum absolute atomic E-state index is 14.5. The second-order valence-electron chi connectivity index (χ2n) is 7.79. The summed E-state index contributed by atoms with van der Waals surface area (Å²) in [6.45, 7) is 0. The van der Waals surface area contributed by atoms with E-state index in [0.29, 0.717) is 32.1 Å². The lowest BCUT2D eigenvalue weighted by molar-refractivity contribution is 0.590. The van der Waals surface area contributed by atoms with E-state index in [1.807, 2.05) is 121 Å². The highest BCUT2D eigenvalue weighted by atomic mass is 31.2. The van der Waals surface area contributed by atoms with E-state index in [4.69, 9.17) is 0 Å². The molecule has 4 aromatic carbocycles. The number of nitrogens with zero attached hydrogens (tertiary/aromatic N) is 2. The van der Waals surface area contributed by atoms with Gasteiger partial charge in [0.2, 0.25) is 0 Å². The molecule has 0 aliphatic heterocycles. The van der Waals surface area contributed by atoms with E-state index in [9.17, 15) is 9.13 Å². The molecule has 0 amide bonds. The molecule has 5 rings (SSSR count). The van der Waals surface area contributed by atoms with Crippen LogP contribution < -0.4 is 32.1 Å². The van der Waals surface area contributed by atoms with Crippen LogP contribution in [0.5, 0.6) is 0 Å². The molecule has 6 heteroatoms. The Labute approximate surface area is 199 Å². The number of rotatable bonds is 6. The van der Waals surface area contributed by atoms with E-state index in [1.165, 1.54) is 12.4 Å². The Balaban J connectivity index is 1.67. The van der Waals surface area contributed by atoms with E-state index < -0.39 is 14.3 Å². The van der Waals surface area contributed by atoms with Crippen LogP contribution in [0.2, 0.25) is 0 Å². The summed E-state index contributed by atoms with van der Waals surface area (Å²) < 4.78 is 29.1. The van der Waals surface area contributed by atoms with Gasteiger partial charge in [-0.1, -0.05) is 121 Å². The van der Waals surface area contributed by atoms with Gasteiger partial charge in [-0.25, -0.2) is 9.97 Å². The molecule has 166 valence electrons. The lowest BCUT2D eigenvalue weighted by Gasteiger charge is -2.21. The molecule has 0 fully saturated rings. The van der Waals surface area contributed by atoms with Crippen LogP contribution in [-0.2, 0) is 9.13 Å². The van der Waals surface area contributed by atoms with Gasteiger partial charge in [0, 0.05) is 21.2 Å². The number of aromatic nitrogens is 2. The zero-order valence-electron chi connectivity index (χ0n) is 18.3. The third-order valence-electron chi connectivity index (χ3n) is 5.75. The first kappa shape index (κ1) is 22.2. The highest BCUT2D eigenvalue weighted by Crippen LogP contribution is 2.43. The minimum atomic E-state index is -3.26. The molecule has 1 heterocycles. The fourth-order valence-corrected chi connectivity index (χ4v) is 8.92. The van der Waals surface area contributed by atoms with Crippen LogP contribution in [0.25, 0.3) is 0 Å². The normalized spacial score (nSPS) is 11.8. The van der Waals surface area contributed by atoms with Crippen LogP contribution in [0.4, 0.5) is 0 Å². The minimum absolute atomic E-state index is 0.362. The molecule has 4 nitrogen and oxygen atoms in total. The predicted molar refractivity (Wildman–Crippen MR) is 141 cm³/mol. The average Bonchev–Trinajstić information content (AvgIpc) is 2.94. The first-order valence-corrected chi connectivity index (χ1v) is 14.3. The third kappa shape index (κ3) is 3.86. The van der Waals surface area contributed by atoms with Gasteiger partial charge in [0.15, 0.2) is 14.3 Å². The van der Waals surface area contributed by atoms with Gasteiger partial charge in [-0.05, 0) is 0 Å². The van der Waals surface area contributed by atoms with Crippen LogP contribution in [-0.4, -0.2) is 9.97 Å². The molecule has 0 saturated heterocycles. The summed E-state index contributed by atoms with van der Waals surface area (Å²) in [5, 5.41) is 2.71. The van der Waals surface area contributed by atoms with E-state index in [0.717, 1.165) is 0 Å². The average molecular weight is 480 g/mol. The molecule has 1 aromatic heterocycles. The van der Waals surface area contributed by atoms with Crippen LogP contribution >= 0.6 is 14.3 Å². The number of hydrogen-bond acceptors (Lipinski definition) is 4. The number of benzene rings is 4. The minimum Gasteiger partial charge on any atom is -0.307 e. The molecule has 0 saturated carbocycles. The van der Waals surface area contributed by atoms with Crippen molar-refractivity contribution >= 4 is 46.4 Å². The highest BCUT2D eigenvalue weighted by molar-refractivity contribution is 7.85. The van der Waals surface area contributed by atoms with Crippen molar-refractivity contribution in [3.8, 4) is 0 Å². The van der Waals surface area contributed by atoms with Crippen molar-refractivity contribution < 1.29 is 9.13 Å². The van der Waals surface area contributed by atoms with E-state index in [-0.39, 0.29) is 0 Å². The van der Waals surface area contributed by atoms with Crippen molar-refractivity contribution in [2.75, 3.05) is 0 Å². The second-order valence-corrected chi connectivity index (χ2v) is 13.2. The van der Waals surface area contributed by atoms with Crippen molar-refractivity contribution in [1.29, 1.82) is 0 Å². The molecular weight excluding hydrogens is 458 g/mol. The van der Waals surface area contributed by atoms with Crippen molar-refractivity contribution in [2.45, 2.75) is 0 Å². The molecule has 0 aliphatic rings. The first-order chi connectivity index (χ1) is 16.6. The lowest BCUT2D eigenvalue weighted by atomic mass is 10.4. The fraction of sp³-hybridized carbons (Fsp3) is 0. The van der Waals surface area contributed by atoms with Gasteiger partial charge in [-0.15, -0.1) is 0 Å². The third-order valence-corrected chi connectivity index (χ3v) is 11.6. The topological polar surface area (TPSA) is 59.9 Å². The summed E-state index contributed by atoms with van der Waals surface area (Å²) in [4.78, 5) is 9.25. The Bertz CT molecular complexity index is 1270. The zero-order valence-corrected chi connectivity index (χ0v) is 20.1. The van der Waals surface area contributed by atoms with Gasteiger partial charge in [-0.2, -0.15) is 0 Å². The van der Waals surface area contributed by atoms with Crippen molar-refractivity contribution in [1.82, 2.24) is 9.97 Å². The van der Waals surface area contributed by atoms with Gasteiger partial charge in [0.05, 0.1) is 12.4 Å². The standard InChI is InChI=1S/C28H22N2O2P2/c31-33(23-13-5-1-6-14-23,24-15-7-2-8-16-24)27-21-30-28(22-29-27)34(32,25-17-9-3-10-18-25)26-19-11-4-12-20-26/h1-22H. The fourth-order valence-electron chi connectivity index (χ4n) is 4.02. The molecule has 0 radical (unpaired) electrons. The van der Waals surface area contributed by atoms with Gasteiger partial charge < -0.3 is 9.13 Å². The van der Waals surface area contributed by atoms with E-state index in [1.54, 1.807) is 0 Å². The Hall–Kier alpha value is -3.58. The van der Waals surface area contributed by atoms with Crippen molar-refractivity contribution in [3.63, 3.8) is 0 Å². The number of hydrogen-bond donors (Lipinski definition) is 0. The van der Waals surface area contributed by atoms with Crippen molar-refractivity contribution in [3.05, 3.63) is 134 Å². The molecular formula is C28H22N2O2P2. The van der Waals surface area contributed by atoms with Crippen molar-refractivity contribution in [2.24, 2.45) is 0 Å². The lowest BCUT2D eigenvalue weighted by Crippen LogP contribution is -2.32. The summed E-state index contributed by atoms with van der Waals surface area (Å²) in [6, 6.07) is 37.3. The Morgan fingerprint density at radius 2 is 0.618 bits per heavy atom. The predicted octanol–water partition coefficient (Wildman–Crippen LogP) is 3.76. The maximum Gasteiger partial charge on any atom is 0.190 e. The quantitative estimate of drug-likeness (QED) is 0.348. The molecule has 0 spiro atoms.